The molecule has 0 saturated carbocycles. The molecule has 0 spiro atoms. The molecule has 0 unspecified atom stereocenters. The Morgan fingerprint density at radius 1 is 1.00 bits per heavy atom. The Bertz CT molecular complexity index is 1380. The molecule has 0 amide bonds. The van der Waals surface area contributed by atoms with Gasteiger partial charge in [-0.1, -0.05) is 18.2 Å². The lowest BCUT2D eigenvalue weighted by Crippen LogP contribution is -2.29. The maximum atomic E-state index is 14.1. The Kier molecular flexibility index (Phi) is 5.57. The van der Waals surface area contributed by atoms with Gasteiger partial charge in [-0.15, -0.1) is 0 Å². The van der Waals surface area contributed by atoms with Gasteiger partial charge in [0.2, 0.25) is 0 Å². The van der Waals surface area contributed by atoms with Gasteiger partial charge in [0.25, 0.3) is 0 Å². The van der Waals surface area contributed by atoms with Gasteiger partial charge in [0.15, 0.2) is 5.11 Å². The molecule has 2 N–H and O–H groups in total. The average Bonchev–Trinajstić information content (AvgIpc) is 3.32. The Morgan fingerprint density at radius 2 is 1.76 bits per heavy atom. The van der Waals surface area contributed by atoms with E-state index in [9.17, 15) is 9.50 Å². The van der Waals surface area contributed by atoms with Gasteiger partial charge in [0, 0.05) is 23.3 Å². The number of halogens is 1. The van der Waals surface area contributed by atoms with Crippen LogP contribution < -0.4 is 10.2 Å². The van der Waals surface area contributed by atoms with Crippen molar-refractivity contribution in [2.24, 2.45) is 0 Å². The highest BCUT2D eigenvalue weighted by Gasteiger charge is 2.42. The predicted octanol–water partition coefficient (Wildman–Crippen LogP) is 5.82. The van der Waals surface area contributed by atoms with Crippen LogP contribution in [0.2, 0.25) is 0 Å². The smallest absolute Gasteiger partial charge is 0.174 e. The molecule has 3 heterocycles. The zero-order chi connectivity index (χ0) is 24.0. The molecule has 0 radical (unpaired) electrons. The number of aromatic nitrogens is 2. The fraction of sp³-hybridized carbons (Fsp3) is 0.185. The number of anilines is 1. The molecule has 34 heavy (non-hydrogen) atoms. The topological polar surface area (TPSA) is 53.3 Å². The van der Waals surface area contributed by atoms with Gasteiger partial charge in [0.05, 0.1) is 23.5 Å². The summed E-state index contributed by atoms with van der Waals surface area (Å²) in [5.41, 5.74) is 5.97. The van der Waals surface area contributed by atoms with E-state index < -0.39 is 0 Å². The van der Waals surface area contributed by atoms with Gasteiger partial charge in [-0.25, -0.2) is 4.39 Å². The SMILES string of the molecule is Cc1cc(N2C(=S)N[C@@H](c3ccccn3)[C@@H]2c2cc(C)n(-c3ccccc3O)c2C)ccc1F. The summed E-state index contributed by atoms with van der Waals surface area (Å²) in [6.07, 6.45) is 1.77. The van der Waals surface area contributed by atoms with E-state index in [1.807, 2.05) is 61.2 Å². The summed E-state index contributed by atoms with van der Waals surface area (Å²) < 4.78 is 16.1. The molecule has 2 aromatic carbocycles. The van der Waals surface area contributed by atoms with E-state index in [1.165, 1.54) is 6.07 Å². The van der Waals surface area contributed by atoms with Crippen LogP contribution in [0.4, 0.5) is 10.1 Å². The monoisotopic (exact) mass is 472 g/mol. The van der Waals surface area contributed by atoms with Crippen molar-refractivity contribution < 1.29 is 9.50 Å². The highest BCUT2D eigenvalue weighted by atomic mass is 32.1. The van der Waals surface area contributed by atoms with Gasteiger partial charge >= 0.3 is 0 Å². The summed E-state index contributed by atoms with van der Waals surface area (Å²) in [6, 6.07) is 19.9. The molecule has 0 aliphatic carbocycles. The summed E-state index contributed by atoms with van der Waals surface area (Å²) >= 11 is 5.80. The normalized spacial score (nSPS) is 17.8. The maximum Gasteiger partial charge on any atom is 0.174 e. The summed E-state index contributed by atoms with van der Waals surface area (Å²) in [4.78, 5) is 6.65. The molecule has 2 atom stereocenters. The van der Waals surface area contributed by atoms with E-state index in [4.69, 9.17) is 12.2 Å². The van der Waals surface area contributed by atoms with Gasteiger partial charge in [-0.05, 0) is 92.6 Å². The standard InChI is InChI=1S/C27H25FN4OS/c1-16-14-19(11-12-21(16)28)32-26(25(30-27(32)34)22-8-6-7-13-29-22)20-15-17(2)31(18(20)3)23-9-4-5-10-24(23)33/h4-15,25-26,33H,1-3H3,(H,30,34)/t25-,26-/m0/s1. The minimum atomic E-state index is -0.252. The molecule has 5 nitrogen and oxygen atoms in total. The van der Waals surface area contributed by atoms with E-state index in [0.717, 1.165) is 34.0 Å². The van der Waals surface area contributed by atoms with Crippen molar-refractivity contribution in [2.45, 2.75) is 32.9 Å². The fourth-order valence-corrected chi connectivity index (χ4v) is 5.18. The van der Waals surface area contributed by atoms with Crippen LogP contribution in [0.25, 0.3) is 5.69 Å². The number of nitrogens with zero attached hydrogens (tertiary/aromatic N) is 3. The van der Waals surface area contributed by atoms with Crippen LogP contribution in [0, 0.1) is 26.6 Å². The zero-order valence-electron chi connectivity index (χ0n) is 19.2. The first-order valence-electron chi connectivity index (χ1n) is 11.1. The van der Waals surface area contributed by atoms with Crippen LogP contribution in [-0.2, 0) is 0 Å². The second kappa shape index (κ2) is 8.57. The van der Waals surface area contributed by atoms with Crippen LogP contribution in [0.15, 0.2) is 72.9 Å². The van der Waals surface area contributed by atoms with E-state index >= 15 is 0 Å². The Labute approximate surface area is 203 Å². The third kappa shape index (κ3) is 3.62. The molecular weight excluding hydrogens is 447 g/mol. The Morgan fingerprint density at radius 3 is 2.47 bits per heavy atom. The molecule has 7 heteroatoms. The molecule has 5 rings (SSSR count). The molecule has 1 aliphatic heterocycles. The second-order valence-corrected chi connectivity index (χ2v) is 8.97. The molecule has 4 aromatic rings. The van der Waals surface area contributed by atoms with Gasteiger partial charge < -0.3 is 19.9 Å². The van der Waals surface area contributed by atoms with Crippen molar-refractivity contribution in [1.29, 1.82) is 0 Å². The van der Waals surface area contributed by atoms with Crippen LogP contribution in [0.5, 0.6) is 5.75 Å². The number of aromatic hydroxyl groups is 1. The van der Waals surface area contributed by atoms with E-state index in [-0.39, 0.29) is 23.7 Å². The first-order chi connectivity index (χ1) is 16.4. The third-order valence-corrected chi connectivity index (χ3v) is 6.74. The van der Waals surface area contributed by atoms with Crippen molar-refractivity contribution >= 4 is 23.0 Å². The number of thiocarbonyl (C=S) groups is 1. The van der Waals surface area contributed by atoms with Gasteiger partial charge in [-0.3, -0.25) is 4.98 Å². The minimum absolute atomic E-state index is 0.211. The lowest BCUT2D eigenvalue weighted by molar-refractivity contribution is 0.471. The molecule has 172 valence electrons. The van der Waals surface area contributed by atoms with Crippen LogP contribution in [0.1, 0.15) is 40.3 Å². The number of phenols is 1. The Hall–Kier alpha value is -3.71. The predicted molar refractivity (Wildman–Crippen MR) is 136 cm³/mol. The first kappa shape index (κ1) is 22.1. The van der Waals surface area contributed by atoms with E-state index in [1.54, 1.807) is 25.3 Å². The number of rotatable bonds is 4. The second-order valence-electron chi connectivity index (χ2n) is 8.58. The average molecular weight is 473 g/mol. The summed E-state index contributed by atoms with van der Waals surface area (Å²) in [7, 11) is 0. The largest absolute Gasteiger partial charge is 0.506 e. The number of aryl methyl sites for hydroxylation is 2. The van der Waals surface area contributed by atoms with Gasteiger partial charge in [-0.2, -0.15) is 0 Å². The van der Waals surface area contributed by atoms with Crippen LogP contribution in [-0.4, -0.2) is 19.8 Å². The Balaban J connectivity index is 1.70. The third-order valence-electron chi connectivity index (χ3n) is 6.43. The number of phenolic OH excluding ortho intramolecular Hbond substituents is 1. The molecule has 1 saturated heterocycles. The molecule has 2 aromatic heterocycles. The van der Waals surface area contributed by atoms with E-state index in [2.05, 4.69) is 20.9 Å². The number of benzene rings is 2. The number of hydrogen-bond donors (Lipinski definition) is 2. The van der Waals surface area contributed by atoms with Crippen molar-refractivity contribution in [3.05, 3.63) is 107 Å². The van der Waals surface area contributed by atoms with Gasteiger partial charge in [0.1, 0.15) is 11.6 Å². The number of hydrogen-bond acceptors (Lipinski definition) is 3. The summed E-state index contributed by atoms with van der Waals surface area (Å²) in [6.45, 7) is 5.81. The first-order valence-corrected chi connectivity index (χ1v) is 11.5. The minimum Gasteiger partial charge on any atom is -0.506 e. The lowest BCUT2D eigenvalue weighted by atomic mass is 9.96. The summed E-state index contributed by atoms with van der Waals surface area (Å²) in [5, 5.41) is 14.5. The van der Waals surface area contributed by atoms with Crippen molar-refractivity contribution in [2.75, 3.05) is 4.90 Å². The molecule has 1 fully saturated rings. The highest BCUT2D eigenvalue weighted by molar-refractivity contribution is 7.80. The maximum absolute atomic E-state index is 14.1. The zero-order valence-corrected chi connectivity index (χ0v) is 20.0. The number of nitrogens with one attached hydrogen (secondary N) is 1. The van der Waals surface area contributed by atoms with Crippen molar-refractivity contribution in [3.8, 4) is 11.4 Å². The van der Waals surface area contributed by atoms with Crippen LogP contribution in [0.3, 0.4) is 0 Å². The van der Waals surface area contributed by atoms with Crippen molar-refractivity contribution in [1.82, 2.24) is 14.9 Å². The van der Waals surface area contributed by atoms with E-state index in [0.29, 0.717) is 10.7 Å². The summed E-state index contributed by atoms with van der Waals surface area (Å²) in [5.74, 6) is -0.0411. The highest BCUT2D eigenvalue weighted by Crippen LogP contribution is 2.44. The molecular formula is C27H25FN4OS. The fourth-order valence-electron chi connectivity index (χ4n) is 4.84. The number of pyridine rings is 1. The lowest BCUT2D eigenvalue weighted by Gasteiger charge is -2.28. The molecule has 0 bridgehead atoms. The van der Waals surface area contributed by atoms with Crippen molar-refractivity contribution in [3.63, 3.8) is 0 Å². The quantitative estimate of drug-likeness (QED) is 0.367. The molecule has 1 aliphatic rings. The van der Waals surface area contributed by atoms with Crippen LogP contribution >= 0.6 is 12.2 Å². The number of para-hydroxylation sites is 2.